The first-order valence-corrected chi connectivity index (χ1v) is 8.03. The zero-order valence-corrected chi connectivity index (χ0v) is 13.7. The molecule has 0 aliphatic rings. The number of carbonyl (C=O) groups excluding carboxylic acids is 1. The molecule has 4 rings (SSSR count). The largest absolute Gasteiger partial charge is 0.331 e. The van der Waals surface area contributed by atoms with Crippen LogP contribution in [-0.4, -0.2) is 16.8 Å². The zero-order chi connectivity index (χ0) is 17.2. The number of hydrogen-bond acceptors (Lipinski definition) is 3. The predicted octanol–water partition coefficient (Wildman–Crippen LogP) is 4.68. The highest BCUT2D eigenvalue weighted by atomic mass is 16.7. The van der Waals surface area contributed by atoms with Crippen molar-refractivity contribution in [2.75, 3.05) is 0 Å². The molecule has 0 amide bonds. The molecule has 4 heteroatoms. The summed E-state index contributed by atoms with van der Waals surface area (Å²) >= 11 is 0. The van der Waals surface area contributed by atoms with E-state index in [2.05, 4.69) is 63.1 Å². The van der Waals surface area contributed by atoms with Gasteiger partial charge in [-0.15, -0.1) is 0 Å². The summed E-state index contributed by atoms with van der Waals surface area (Å²) in [5.74, 6) is -0.432. The first-order chi connectivity index (χ1) is 12.2. The van der Waals surface area contributed by atoms with Crippen LogP contribution in [0.2, 0.25) is 0 Å². The van der Waals surface area contributed by atoms with Gasteiger partial charge in [-0.05, 0) is 29.8 Å². The second-order valence-corrected chi connectivity index (χ2v) is 5.78. The van der Waals surface area contributed by atoms with Crippen molar-refractivity contribution in [2.45, 2.75) is 6.92 Å². The van der Waals surface area contributed by atoms with Gasteiger partial charge in [-0.1, -0.05) is 53.7 Å². The van der Waals surface area contributed by atoms with Gasteiger partial charge in [-0.2, -0.15) is 0 Å². The fourth-order valence-corrected chi connectivity index (χ4v) is 3.07. The van der Waals surface area contributed by atoms with Crippen molar-refractivity contribution >= 4 is 34.0 Å². The molecular weight excluding hydrogens is 312 g/mol. The molecule has 1 heterocycles. The second-order valence-electron chi connectivity index (χ2n) is 5.78. The molecule has 4 aromatic rings. The van der Waals surface area contributed by atoms with Gasteiger partial charge < -0.3 is 9.40 Å². The van der Waals surface area contributed by atoms with Crippen molar-refractivity contribution in [3.63, 3.8) is 0 Å². The Balaban J connectivity index is 1.81. The van der Waals surface area contributed by atoms with Crippen LogP contribution >= 0.6 is 0 Å². The molecule has 0 atom stereocenters. The fraction of sp³-hybridized carbons (Fsp3) is 0.0476. The molecule has 0 spiro atoms. The third kappa shape index (κ3) is 2.78. The molecule has 25 heavy (non-hydrogen) atoms. The number of nitrogens with zero attached hydrogens (tertiary/aromatic N) is 2. The number of fused-ring (bicyclic) bond motifs is 3. The lowest BCUT2D eigenvalue weighted by atomic mass is 10.2. The van der Waals surface area contributed by atoms with Gasteiger partial charge in [0.2, 0.25) is 0 Å². The van der Waals surface area contributed by atoms with Crippen molar-refractivity contribution in [2.24, 2.45) is 5.16 Å². The third-order valence-electron chi connectivity index (χ3n) is 4.11. The minimum absolute atomic E-state index is 0.432. The van der Waals surface area contributed by atoms with E-state index >= 15 is 0 Å². The van der Waals surface area contributed by atoms with Gasteiger partial charge >= 0.3 is 5.97 Å². The van der Waals surface area contributed by atoms with Crippen LogP contribution in [0.1, 0.15) is 12.5 Å². The number of hydrogen-bond donors (Lipinski definition) is 0. The predicted molar refractivity (Wildman–Crippen MR) is 100 cm³/mol. The van der Waals surface area contributed by atoms with Crippen LogP contribution in [-0.2, 0) is 9.63 Å². The van der Waals surface area contributed by atoms with E-state index in [4.69, 9.17) is 0 Å². The Kier molecular flexibility index (Phi) is 3.78. The van der Waals surface area contributed by atoms with E-state index in [0.717, 1.165) is 11.3 Å². The zero-order valence-electron chi connectivity index (χ0n) is 13.7. The Labute approximate surface area is 144 Å². The first kappa shape index (κ1) is 15.1. The van der Waals surface area contributed by atoms with Gasteiger partial charge in [-0.25, -0.2) is 4.79 Å². The van der Waals surface area contributed by atoms with E-state index in [9.17, 15) is 4.79 Å². The molecule has 3 aromatic carbocycles. The first-order valence-electron chi connectivity index (χ1n) is 8.03. The molecule has 0 unspecified atom stereocenters. The Morgan fingerprint density at radius 3 is 2.00 bits per heavy atom. The van der Waals surface area contributed by atoms with Crippen LogP contribution in [0.25, 0.3) is 27.5 Å². The second kappa shape index (κ2) is 6.24. The van der Waals surface area contributed by atoms with Crippen LogP contribution in [0.15, 0.2) is 78.0 Å². The van der Waals surface area contributed by atoms with Crippen molar-refractivity contribution in [1.82, 2.24) is 4.57 Å². The minimum atomic E-state index is -0.432. The Morgan fingerprint density at radius 1 is 0.880 bits per heavy atom. The summed E-state index contributed by atoms with van der Waals surface area (Å²) in [7, 11) is 0. The molecule has 122 valence electrons. The van der Waals surface area contributed by atoms with Gasteiger partial charge in [-0.3, -0.25) is 0 Å². The molecule has 0 N–H and O–H groups in total. The molecule has 0 bridgehead atoms. The third-order valence-corrected chi connectivity index (χ3v) is 4.11. The molecule has 1 aromatic heterocycles. The summed E-state index contributed by atoms with van der Waals surface area (Å²) < 4.78 is 2.25. The quantitative estimate of drug-likeness (QED) is 0.311. The highest BCUT2D eigenvalue weighted by Gasteiger charge is 2.10. The standard InChI is InChI=1S/C21H16N2O2/c1-15(24)25-22-14-16-10-12-17(13-11-16)23-20-8-4-2-6-18(20)19-7-3-5-9-21(19)23/h2-14H,1H3/b22-14+. The lowest BCUT2D eigenvalue weighted by Crippen LogP contribution is -1.95. The number of rotatable bonds is 3. The van der Waals surface area contributed by atoms with Crippen LogP contribution in [0.4, 0.5) is 0 Å². The molecule has 0 radical (unpaired) electrons. The number of benzene rings is 3. The molecule has 4 nitrogen and oxygen atoms in total. The van der Waals surface area contributed by atoms with E-state index in [-0.39, 0.29) is 0 Å². The van der Waals surface area contributed by atoms with Crippen molar-refractivity contribution in [3.8, 4) is 5.69 Å². The topological polar surface area (TPSA) is 43.6 Å². The van der Waals surface area contributed by atoms with Crippen molar-refractivity contribution in [3.05, 3.63) is 78.4 Å². The maximum Gasteiger partial charge on any atom is 0.331 e. The summed E-state index contributed by atoms with van der Waals surface area (Å²) in [5, 5.41) is 6.12. The Hall–Kier alpha value is -3.40. The molecule has 0 aliphatic carbocycles. The van der Waals surface area contributed by atoms with E-state index in [0.29, 0.717) is 0 Å². The average molecular weight is 328 g/mol. The summed E-state index contributed by atoms with van der Waals surface area (Å²) in [4.78, 5) is 15.3. The molecule has 0 saturated carbocycles. The lowest BCUT2D eigenvalue weighted by molar-refractivity contribution is -0.140. The molecule has 0 fully saturated rings. The maximum atomic E-state index is 10.8. The van der Waals surface area contributed by atoms with Crippen LogP contribution in [0, 0.1) is 0 Å². The van der Waals surface area contributed by atoms with Gasteiger partial charge in [0, 0.05) is 23.4 Å². The molecule has 0 saturated heterocycles. The normalized spacial score (nSPS) is 11.4. The number of oxime groups is 1. The SMILES string of the molecule is CC(=O)O/N=C/c1ccc(-n2c3ccccc3c3ccccc32)cc1. The van der Waals surface area contributed by atoms with Gasteiger partial charge in [0.25, 0.3) is 0 Å². The Morgan fingerprint density at radius 2 is 1.44 bits per heavy atom. The molecular formula is C21H16N2O2. The van der Waals surface area contributed by atoms with Gasteiger partial charge in [0.05, 0.1) is 17.2 Å². The van der Waals surface area contributed by atoms with Crippen LogP contribution < -0.4 is 0 Å². The van der Waals surface area contributed by atoms with Crippen LogP contribution in [0.3, 0.4) is 0 Å². The van der Waals surface area contributed by atoms with Crippen molar-refractivity contribution < 1.29 is 9.63 Å². The smallest absolute Gasteiger partial charge is 0.319 e. The Bertz CT molecular complexity index is 1040. The molecule has 0 aliphatic heterocycles. The van der Waals surface area contributed by atoms with Gasteiger partial charge in [0.1, 0.15) is 0 Å². The monoisotopic (exact) mass is 328 g/mol. The highest BCUT2D eigenvalue weighted by molar-refractivity contribution is 6.09. The number of aromatic nitrogens is 1. The number of para-hydroxylation sites is 2. The minimum Gasteiger partial charge on any atom is -0.319 e. The summed E-state index contributed by atoms with van der Waals surface area (Å²) in [6, 6.07) is 24.8. The number of carbonyl (C=O) groups is 1. The summed E-state index contributed by atoms with van der Waals surface area (Å²) in [6.45, 7) is 1.32. The van der Waals surface area contributed by atoms with Crippen molar-refractivity contribution in [1.29, 1.82) is 0 Å². The van der Waals surface area contributed by atoms with E-state index in [1.165, 1.54) is 34.9 Å². The summed E-state index contributed by atoms with van der Waals surface area (Å²) in [6.07, 6.45) is 1.52. The van der Waals surface area contributed by atoms with Crippen LogP contribution in [0.5, 0.6) is 0 Å². The van der Waals surface area contributed by atoms with Gasteiger partial charge in [0.15, 0.2) is 0 Å². The average Bonchev–Trinajstić information content (AvgIpc) is 2.97. The van der Waals surface area contributed by atoms with E-state index < -0.39 is 5.97 Å². The highest BCUT2D eigenvalue weighted by Crippen LogP contribution is 2.31. The van der Waals surface area contributed by atoms with E-state index in [1.54, 1.807) is 0 Å². The summed E-state index contributed by atoms with van der Waals surface area (Å²) in [5.41, 5.74) is 4.28. The fourth-order valence-electron chi connectivity index (χ4n) is 3.07. The van der Waals surface area contributed by atoms with E-state index in [1.807, 2.05) is 24.3 Å². The maximum absolute atomic E-state index is 10.8. The lowest BCUT2D eigenvalue weighted by Gasteiger charge is -2.08.